The highest BCUT2D eigenvalue weighted by atomic mass is 35.5. The lowest BCUT2D eigenvalue weighted by Gasteiger charge is -2.13. The van der Waals surface area contributed by atoms with Gasteiger partial charge in [-0.3, -0.25) is 0 Å². The highest BCUT2D eigenvalue weighted by Crippen LogP contribution is 2.23. The van der Waals surface area contributed by atoms with Gasteiger partial charge in [0.05, 0.1) is 0 Å². The summed E-state index contributed by atoms with van der Waals surface area (Å²) in [5.74, 6) is 0. The fraction of sp³-hybridized carbons (Fsp3) is 0.154. The van der Waals surface area contributed by atoms with Crippen LogP contribution in [0.25, 0.3) is 0 Å². The first-order chi connectivity index (χ1) is 9.42. The van der Waals surface area contributed by atoms with Gasteiger partial charge in [0.25, 0.3) is 10.0 Å². The van der Waals surface area contributed by atoms with Gasteiger partial charge < -0.3 is 0 Å². The largest absolute Gasteiger partial charge is 0.250 e. The van der Waals surface area contributed by atoms with Crippen LogP contribution in [0.4, 0.5) is 0 Å². The van der Waals surface area contributed by atoms with E-state index in [4.69, 9.17) is 16.9 Å². The molecule has 0 fully saturated rings. The summed E-state index contributed by atoms with van der Waals surface area (Å²) in [4.78, 5) is 0.365. The molecule has 0 amide bonds. The highest BCUT2D eigenvalue weighted by molar-refractivity contribution is 7.91. The predicted octanol–water partition coefficient (Wildman–Crippen LogP) is 3.31. The third-order valence-electron chi connectivity index (χ3n) is 2.66. The predicted molar refractivity (Wildman–Crippen MR) is 79.2 cm³/mol. The molecule has 1 heterocycles. The third-order valence-corrected chi connectivity index (χ3v) is 5.93. The van der Waals surface area contributed by atoms with Crippen LogP contribution in [-0.4, -0.2) is 8.42 Å². The normalized spacial score (nSPS) is 12.8. The smallest absolute Gasteiger partial charge is 0.206 e. The van der Waals surface area contributed by atoms with Crippen molar-refractivity contribution in [1.82, 2.24) is 4.72 Å². The summed E-state index contributed by atoms with van der Waals surface area (Å²) in [6.45, 7) is 1.75. The van der Waals surface area contributed by atoms with Gasteiger partial charge in [-0.1, -0.05) is 23.7 Å². The number of nitrogens with one attached hydrogen (secondary N) is 1. The zero-order valence-corrected chi connectivity index (χ0v) is 12.9. The molecule has 2 aromatic rings. The Hall–Kier alpha value is -1.39. The molecule has 20 heavy (non-hydrogen) atoms. The number of sulfonamides is 1. The quantitative estimate of drug-likeness (QED) is 0.937. The van der Waals surface area contributed by atoms with Crippen molar-refractivity contribution >= 4 is 33.0 Å². The van der Waals surface area contributed by atoms with Crippen molar-refractivity contribution < 1.29 is 8.42 Å². The fourth-order valence-electron chi connectivity index (χ4n) is 1.63. The monoisotopic (exact) mass is 326 g/mol. The van der Waals surface area contributed by atoms with Gasteiger partial charge in [-0.15, -0.1) is 11.3 Å². The van der Waals surface area contributed by atoms with Crippen molar-refractivity contribution in [3.8, 4) is 6.07 Å². The zero-order chi connectivity index (χ0) is 14.8. The Labute approximate surface area is 126 Å². The van der Waals surface area contributed by atoms with E-state index in [1.807, 2.05) is 6.07 Å². The first-order valence-corrected chi connectivity index (χ1v) is 8.38. The number of benzene rings is 1. The summed E-state index contributed by atoms with van der Waals surface area (Å²) in [7, 11) is -3.62. The second kappa shape index (κ2) is 5.94. The number of nitrogens with zero attached hydrogens (tertiary/aromatic N) is 1. The molecule has 1 atom stereocenters. The highest BCUT2D eigenvalue weighted by Gasteiger charge is 2.20. The van der Waals surface area contributed by atoms with Crippen LogP contribution in [0.2, 0.25) is 5.02 Å². The van der Waals surface area contributed by atoms with Gasteiger partial charge >= 0.3 is 0 Å². The molecule has 4 nitrogen and oxygen atoms in total. The molecule has 1 aromatic heterocycles. The van der Waals surface area contributed by atoms with Crippen LogP contribution in [0, 0.1) is 11.3 Å². The minimum Gasteiger partial charge on any atom is -0.206 e. The standard InChI is InChI=1S/C13H11ClN2O2S2/c1-9(10-2-4-11(14)5-3-10)16-20(17,18)13-7-6-12(8-15)19-13/h2-7,9,16H,1H3. The Morgan fingerprint density at radius 3 is 2.45 bits per heavy atom. The zero-order valence-electron chi connectivity index (χ0n) is 10.5. The third kappa shape index (κ3) is 3.38. The van der Waals surface area contributed by atoms with Gasteiger partial charge in [0.2, 0.25) is 0 Å². The van der Waals surface area contributed by atoms with Crippen LogP contribution in [0.1, 0.15) is 23.4 Å². The van der Waals surface area contributed by atoms with Crippen LogP contribution in [0.3, 0.4) is 0 Å². The Morgan fingerprint density at radius 1 is 1.25 bits per heavy atom. The number of rotatable bonds is 4. The van der Waals surface area contributed by atoms with Crippen LogP contribution >= 0.6 is 22.9 Å². The topological polar surface area (TPSA) is 70.0 Å². The van der Waals surface area contributed by atoms with Crippen molar-refractivity contribution in [2.45, 2.75) is 17.2 Å². The number of thiophene rings is 1. The summed E-state index contributed by atoms with van der Waals surface area (Å²) in [5, 5.41) is 9.33. The molecule has 1 unspecified atom stereocenters. The summed E-state index contributed by atoms with van der Waals surface area (Å²) < 4.78 is 27.1. The second-order valence-electron chi connectivity index (χ2n) is 4.13. The van der Waals surface area contributed by atoms with Crippen LogP contribution in [0.15, 0.2) is 40.6 Å². The molecule has 7 heteroatoms. The molecule has 0 aliphatic rings. The molecular formula is C13H11ClN2O2S2. The van der Waals surface area contributed by atoms with Crippen LogP contribution in [0.5, 0.6) is 0 Å². The molecule has 0 saturated heterocycles. The van der Waals surface area contributed by atoms with E-state index in [2.05, 4.69) is 4.72 Å². The van der Waals surface area contributed by atoms with E-state index < -0.39 is 10.0 Å². The maximum absolute atomic E-state index is 12.2. The van der Waals surface area contributed by atoms with Gasteiger partial charge in [0, 0.05) is 11.1 Å². The number of hydrogen-bond donors (Lipinski definition) is 1. The lowest BCUT2D eigenvalue weighted by Crippen LogP contribution is -2.26. The summed E-state index contributed by atoms with van der Waals surface area (Å²) in [5.41, 5.74) is 0.815. The lowest BCUT2D eigenvalue weighted by atomic mass is 10.1. The van der Waals surface area contributed by atoms with E-state index >= 15 is 0 Å². The number of hydrogen-bond acceptors (Lipinski definition) is 4. The van der Waals surface area contributed by atoms with Crippen LogP contribution < -0.4 is 4.72 Å². The minimum atomic E-state index is -3.62. The molecule has 0 aliphatic carbocycles. The van der Waals surface area contributed by atoms with E-state index in [-0.39, 0.29) is 10.3 Å². The van der Waals surface area contributed by atoms with Gasteiger partial charge in [0.15, 0.2) is 0 Å². The Morgan fingerprint density at radius 2 is 1.90 bits per heavy atom. The molecule has 0 aliphatic heterocycles. The molecule has 104 valence electrons. The SMILES string of the molecule is CC(NS(=O)(=O)c1ccc(C#N)s1)c1ccc(Cl)cc1. The molecule has 1 aromatic carbocycles. The summed E-state index contributed by atoms with van der Waals surface area (Å²) >= 11 is 6.74. The Kier molecular flexibility index (Phi) is 4.45. The number of nitriles is 1. The Balaban J connectivity index is 2.20. The molecular weight excluding hydrogens is 316 g/mol. The van der Waals surface area contributed by atoms with E-state index in [0.29, 0.717) is 9.90 Å². The van der Waals surface area contributed by atoms with E-state index in [9.17, 15) is 8.42 Å². The van der Waals surface area contributed by atoms with Gasteiger partial charge in [0.1, 0.15) is 15.2 Å². The van der Waals surface area contributed by atoms with Gasteiger partial charge in [-0.05, 0) is 36.8 Å². The molecule has 2 rings (SSSR count). The fourth-order valence-corrected chi connectivity index (χ4v) is 4.11. The maximum atomic E-state index is 12.2. The average Bonchev–Trinajstić information content (AvgIpc) is 2.88. The van der Waals surface area contributed by atoms with Gasteiger partial charge in [-0.2, -0.15) is 5.26 Å². The van der Waals surface area contributed by atoms with E-state index in [1.165, 1.54) is 12.1 Å². The lowest BCUT2D eigenvalue weighted by molar-refractivity contribution is 0.569. The second-order valence-corrected chi connectivity index (χ2v) is 7.59. The van der Waals surface area contributed by atoms with Crippen molar-refractivity contribution in [3.05, 3.63) is 51.9 Å². The molecule has 1 N–H and O–H groups in total. The molecule has 0 bridgehead atoms. The van der Waals surface area contributed by atoms with Crippen molar-refractivity contribution in [1.29, 1.82) is 5.26 Å². The van der Waals surface area contributed by atoms with Crippen molar-refractivity contribution in [3.63, 3.8) is 0 Å². The van der Waals surface area contributed by atoms with E-state index in [1.54, 1.807) is 31.2 Å². The number of halogens is 1. The van der Waals surface area contributed by atoms with Crippen molar-refractivity contribution in [2.24, 2.45) is 0 Å². The molecule has 0 spiro atoms. The maximum Gasteiger partial charge on any atom is 0.250 e. The first-order valence-electron chi connectivity index (χ1n) is 5.70. The van der Waals surface area contributed by atoms with E-state index in [0.717, 1.165) is 16.9 Å². The van der Waals surface area contributed by atoms with Gasteiger partial charge in [-0.25, -0.2) is 13.1 Å². The summed E-state index contributed by atoms with van der Waals surface area (Å²) in [6.07, 6.45) is 0. The summed E-state index contributed by atoms with van der Waals surface area (Å²) in [6, 6.07) is 11.4. The first kappa shape index (κ1) is 15.0. The molecule has 0 radical (unpaired) electrons. The Bertz CT molecular complexity index is 745. The minimum absolute atomic E-state index is 0.134. The molecule has 0 saturated carbocycles. The van der Waals surface area contributed by atoms with Crippen molar-refractivity contribution in [2.75, 3.05) is 0 Å². The average molecular weight is 327 g/mol. The van der Waals surface area contributed by atoms with Crippen LogP contribution in [-0.2, 0) is 10.0 Å².